The molecular formula is C12H15FO4. The number of benzene rings is 1. The van der Waals surface area contributed by atoms with Crippen molar-refractivity contribution in [1.29, 1.82) is 0 Å². The third kappa shape index (κ3) is 5.31. The largest absolute Gasteiger partial charge is 0.510 e. The number of halogens is 1. The second-order valence-corrected chi connectivity index (χ2v) is 3.61. The van der Waals surface area contributed by atoms with Crippen molar-refractivity contribution in [2.45, 2.75) is 26.6 Å². The summed E-state index contributed by atoms with van der Waals surface area (Å²) in [5.74, 6) is -0.418. The Balaban J connectivity index is 2.26. The lowest BCUT2D eigenvalue weighted by atomic mass is 10.2. The van der Waals surface area contributed by atoms with Crippen LogP contribution in [0, 0.1) is 5.82 Å². The third-order valence-electron chi connectivity index (χ3n) is 1.88. The van der Waals surface area contributed by atoms with Crippen LogP contribution in [0.1, 0.15) is 19.4 Å². The van der Waals surface area contributed by atoms with Gasteiger partial charge in [0.15, 0.2) is 6.79 Å². The molecule has 17 heavy (non-hydrogen) atoms. The van der Waals surface area contributed by atoms with Gasteiger partial charge in [-0.3, -0.25) is 0 Å². The van der Waals surface area contributed by atoms with E-state index in [1.165, 1.54) is 12.1 Å². The van der Waals surface area contributed by atoms with E-state index >= 15 is 0 Å². The van der Waals surface area contributed by atoms with Crippen molar-refractivity contribution < 1.29 is 23.4 Å². The third-order valence-corrected chi connectivity index (χ3v) is 1.88. The molecule has 0 N–H and O–H groups in total. The van der Waals surface area contributed by atoms with Gasteiger partial charge in [0.1, 0.15) is 12.4 Å². The minimum atomic E-state index is -0.881. The summed E-state index contributed by atoms with van der Waals surface area (Å²) in [6, 6.07) is 6.06. The van der Waals surface area contributed by atoms with Crippen LogP contribution in [-0.2, 0) is 20.8 Å². The SMILES string of the molecule is CC(C)OCOC(=O)OCc1ccccc1F. The number of hydrogen-bond acceptors (Lipinski definition) is 4. The quantitative estimate of drug-likeness (QED) is 0.588. The van der Waals surface area contributed by atoms with Gasteiger partial charge in [0, 0.05) is 5.56 Å². The molecule has 0 aliphatic carbocycles. The van der Waals surface area contributed by atoms with E-state index in [0.717, 1.165) is 0 Å². The molecular weight excluding hydrogens is 227 g/mol. The number of carbonyl (C=O) groups is 1. The molecule has 0 radical (unpaired) electrons. The second-order valence-electron chi connectivity index (χ2n) is 3.61. The van der Waals surface area contributed by atoms with Crippen molar-refractivity contribution in [1.82, 2.24) is 0 Å². The molecule has 0 saturated heterocycles. The van der Waals surface area contributed by atoms with Crippen LogP contribution < -0.4 is 0 Å². The Morgan fingerprint density at radius 2 is 2.00 bits per heavy atom. The predicted molar refractivity (Wildman–Crippen MR) is 58.8 cm³/mol. The predicted octanol–water partition coefficient (Wildman–Crippen LogP) is 2.86. The van der Waals surface area contributed by atoms with Gasteiger partial charge in [-0.25, -0.2) is 9.18 Å². The average molecular weight is 242 g/mol. The highest BCUT2D eigenvalue weighted by Crippen LogP contribution is 2.08. The van der Waals surface area contributed by atoms with E-state index in [1.54, 1.807) is 12.1 Å². The Morgan fingerprint density at radius 1 is 1.29 bits per heavy atom. The number of hydrogen-bond donors (Lipinski definition) is 0. The second kappa shape index (κ2) is 6.85. The average Bonchev–Trinajstić information content (AvgIpc) is 2.27. The molecule has 0 saturated carbocycles. The molecule has 4 nitrogen and oxygen atoms in total. The molecule has 0 heterocycles. The summed E-state index contributed by atoms with van der Waals surface area (Å²) in [5, 5.41) is 0. The summed E-state index contributed by atoms with van der Waals surface area (Å²) < 4.78 is 27.5. The maximum atomic E-state index is 13.1. The monoisotopic (exact) mass is 242 g/mol. The van der Waals surface area contributed by atoms with Crippen molar-refractivity contribution in [3.63, 3.8) is 0 Å². The summed E-state index contributed by atoms with van der Waals surface area (Å²) in [7, 11) is 0. The van der Waals surface area contributed by atoms with Gasteiger partial charge in [0.25, 0.3) is 0 Å². The van der Waals surface area contributed by atoms with Crippen LogP contribution in [0.2, 0.25) is 0 Å². The first-order chi connectivity index (χ1) is 8.09. The van der Waals surface area contributed by atoms with Crippen LogP contribution >= 0.6 is 0 Å². The lowest BCUT2D eigenvalue weighted by Gasteiger charge is -2.09. The van der Waals surface area contributed by atoms with Crippen LogP contribution in [0.15, 0.2) is 24.3 Å². The van der Waals surface area contributed by atoms with E-state index in [4.69, 9.17) is 9.47 Å². The van der Waals surface area contributed by atoms with E-state index in [0.29, 0.717) is 5.56 Å². The maximum Gasteiger partial charge on any atom is 0.510 e. The fourth-order valence-electron chi connectivity index (χ4n) is 1.01. The standard InChI is InChI=1S/C12H15FO4/c1-9(2)16-8-17-12(14)15-7-10-5-3-4-6-11(10)13/h3-6,9H,7-8H2,1-2H3. The molecule has 0 spiro atoms. The molecule has 0 aliphatic rings. The molecule has 0 fully saturated rings. The first-order valence-electron chi connectivity index (χ1n) is 5.24. The number of ether oxygens (including phenoxy) is 3. The first-order valence-corrected chi connectivity index (χ1v) is 5.24. The molecule has 0 bridgehead atoms. The zero-order valence-electron chi connectivity index (χ0n) is 9.81. The van der Waals surface area contributed by atoms with Crippen LogP contribution in [0.25, 0.3) is 0 Å². The van der Waals surface area contributed by atoms with Gasteiger partial charge in [-0.05, 0) is 19.9 Å². The molecule has 5 heteroatoms. The van der Waals surface area contributed by atoms with Crippen LogP contribution in [0.3, 0.4) is 0 Å². The van der Waals surface area contributed by atoms with Crippen molar-refractivity contribution >= 4 is 6.16 Å². The van der Waals surface area contributed by atoms with Crippen LogP contribution in [0.5, 0.6) is 0 Å². The summed E-state index contributed by atoms with van der Waals surface area (Å²) in [5.41, 5.74) is 0.300. The Morgan fingerprint density at radius 3 is 2.65 bits per heavy atom. The molecule has 1 aromatic rings. The minimum Gasteiger partial charge on any atom is -0.429 e. The van der Waals surface area contributed by atoms with Crippen molar-refractivity contribution in [3.8, 4) is 0 Å². The first kappa shape index (κ1) is 13.4. The summed E-state index contributed by atoms with van der Waals surface area (Å²) in [6.07, 6.45) is -0.914. The fraction of sp³-hybridized carbons (Fsp3) is 0.417. The summed E-state index contributed by atoms with van der Waals surface area (Å²) >= 11 is 0. The van der Waals surface area contributed by atoms with Crippen molar-refractivity contribution in [2.24, 2.45) is 0 Å². The van der Waals surface area contributed by atoms with E-state index in [9.17, 15) is 9.18 Å². The van der Waals surface area contributed by atoms with Gasteiger partial charge in [-0.2, -0.15) is 0 Å². The summed E-state index contributed by atoms with van der Waals surface area (Å²) in [4.78, 5) is 11.1. The maximum absolute atomic E-state index is 13.1. The van der Waals surface area contributed by atoms with Gasteiger partial charge >= 0.3 is 6.16 Å². The molecule has 0 aromatic heterocycles. The lowest BCUT2D eigenvalue weighted by Crippen LogP contribution is -2.13. The summed E-state index contributed by atoms with van der Waals surface area (Å²) in [6.45, 7) is 3.29. The molecule has 0 atom stereocenters. The Labute approximate surface area is 99.3 Å². The lowest BCUT2D eigenvalue weighted by molar-refractivity contribution is -0.0678. The van der Waals surface area contributed by atoms with Crippen molar-refractivity contribution in [3.05, 3.63) is 35.6 Å². The molecule has 0 amide bonds. The Bertz CT molecular complexity index is 365. The smallest absolute Gasteiger partial charge is 0.429 e. The normalized spacial score (nSPS) is 10.4. The molecule has 94 valence electrons. The fourth-order valence-corrected chi connectivity index (χ4v) is 1.01. The van der Waals surface area contributed by atoms with Gasteiger partial charge in [-0.1, -0.05) is 18.2 Å². The molecule has 1 rings (SSSR count). The van der Waals surface area contributed by atoms with Gasteiger partial charge < -0.3 is 14.2 Å². The topological polar surface area (TPSA) is 44.8 Å². The van der Waals surface area contributed by atoms with E-state index < -0.39 is 12.0 Å². The molecule has 0 aliphatic heterocycles. The van der Waals surface area contributed by atoms with Crippen LogP contribution in [-0.4, -0.2) is 19.1 Å². The zero-order valence-corrected chi connectivity index (χ0v) is 9.81. The van der Waals surface area contributed by atoms with Gasteiger partial charge in [0.05, 0.1) is 6.10 Å². The minimum absolute atomic E-state index is 0.0330. The molecule has 0 unspecified atom stereocenters. The van der Waals surface area contributed by atoms with Gasteiger partial charge in [0.2, 0.25) is 0 Å². The van der Waals surface area contributed by atoms with E-state index in [2.05, 4.69) is 4.74 Å². The van der Waals surface area contributed by atoms with Crippen molar-refractivity contribution in [2.75, 3.05) is 6.79 Å². The zero-order chi connectivity index (χ0) is 12.7. The van der Waals surface area contributed by atoms with Crippen LogP contribution in [0.4, 0.5) is 9.18 Å². The van der Waals surface area contributed by atoms with E-state index in [-0.39, 0.29) is 19.5 Å². The Hall–Kier alpha value is -1.62. The van der Waals surface area contributed by atoms with E-state index in [1.807, 2.05) is 13.8 Å². The number of carbonyl (C=O) groups excluding carboxylic acids is 1. The highest BCUT2D eigenvalue weighted by atomic mass is 19.1. The number of rotatable bonds is 5. The van der Waals surface area contributed by atoms with Gasteiger partial charge in [-0.15, -0.1) is 0 Å². The highest BCUT2D eigenvalue weighted by molar-refractivity contribution is 5.59. The Kier molecular flexibility index (Phi) is 5.42. The highest BCUT2D eigenvalue weighted by Gasteiger charge is 2.07. The molecule has 1 aromatic carbocycles.